The van der Waals surface area contributed by atoms with E-state index in [1.807, 2.05) is 12.1 Å². The lowest BCUT2D eigenvalue weighted by atomic mass is 10.0. The van der Waals surface area contributed by atoms with Crippen molar-refractivity contribution in [1.29, 1.82) is 5.26 Å². The van der Waals surface area contributed by atoms with E-state index in [2.05, 4.69) is 26.2 Å². The number of nitrogens with zero attached hydrogens (tertiary/aromatic N) is 4. The molecule has 0 spiro atoms. The number of carbonyl (C=O) groups excluding carboxylic acids is 1. The molecule has 27 heavy (non-hydrogen) atoms. The maximum Gasteiger partial charge on any atom is 0.222 e. The van der Waals surface area contributed by atoms with Crippen LogP contribution >= 0.6 is 0 Å². The van der Waals surface area contributed by atoms with E-state index < -0.39 is 0 Å². The molecule has 1 saturated carbocycles. The van der Waals surface area contributed by atoms with Gasteiger partial charge in [-0.2, -0.15) is 5.26 Å². The topological polar surface area (TPSA) is 72.3 Å². The molecular formula is C21H29N5O. The van der Waals surface area contributed by atoms with Crippen molar-refractivity contribution in [2.24, 2.45) is 5.92 Å². The average molecular weight is 367 g/mol. The predicted molar refractivity (Wildman–Crippen MR) is 104 cm³/mol. The molecule has 1 aromatic heterocycles. The lowest BCUT2D eigenvalue weighted by Gasteiger charge is -2.35. The normalized spacial score (nSPS) is 24.6. The third-order valence-electron chi connectivity index (χ3n) is 6.16. The fourth-order valence-corrected chi connectivity index (χ4v) is 4.34. The zero-order valence-corrected chi connectivity index (χ0v) is 15.9. The van der Waals surface area contributed by atoms with Gasteiger partial charge in [-0.25, -0.2) is 4.98 Å². The van der Waals surface area contributed by atoms with Gasteiger partial charge in [0.25, 0.3) is 0 Å². The smallest absolute Gasteiger partial charge is 0.222 e. The van der Waals surface area contributed by atoms with Crippen LogP contribution in [0.2, 0.25) is 0 Å². The van der Waals surface area contributed by atoms with Crippen LogP contribution in [0.25, 0.3) is 0 Å². The molecule has 1 aromatic rings. The van der Waals surface area contributed by atoms with E-state index in [0.29, 0.717) is 30.0 Å². The Balaban J connectivity index is 1.26. The predicted octanol–water partition coefficient (Wildman–Crippen LogP) is 2.30. The van der Waals surface area contributed by atoms with Crippen molar-refractivity contribution in [2.75, 3.05) is 31.1 Å². The van der Waals surface area contributed by atoms with Gasteiger partial charge < -0.3 is 15.1 Å². The SMILES string of the molecule is N#Cc1cccnc1N1CCC(N[C@@H]2CCC(=O)N(CC3CC3)CC2)CC1. The number of amides is 1. The summed E-state index contributed by atoms with van der Waals surface area (Å²) < 4.78 is 0. The number of carbonyl (C=O) groups is 1. The highest BCUT2D eigenvalue weighted by molar-refractivity contribution is 5.76. The molecule has 2 aliphatic heterocycles. The van der Waals surface area contributed by atoms with Crippen LogP contribution in [-0.4, -0.2) is 54.1 Å². The zero-order chi connectivity index (χ0) is 18.6. The first kappa shape index (κ1) is 18.2. The van der Waals surface area contributed by atoms with Crippen molar-refractivity contribution in [3.05, 3.63) is 23.9 Å². The molecule has 4 rings (SSSR count). The van der Waals surface area contributed by atoms with Crippen LogP contribution in [0.15, 0.2) is 18.3 Å². The van der Waals surface area contributed by atoms with E-state index in [1.165, 1.54) is 12.8 Å². The molecule has 3 heterocycles. The Kier molecular flexibility index (Phi) is 5.58. The monoisotopic (exact) mass is 367 g/mol. The number of pyridine rings is 1. The van der Waals surface area contributed by atoms with Crippen molar-refractivity contribution >= 4 is 11.7 Å². The largest absolute Gasteiger partial charge is 0.355 e. The van der Waals surface area contributed by atoms with E-state index in [1.54, 1.807) is 6.20 Å². The zero-order valence-electron chi connectivity index (χ0n) is 15.9. The second-order valence-electron chi connectivity index (χ2n) is 8.22. The van der Waals surface area contributed by atoms with Gasteiger partial charge in [0, 0.05) is 50.9 Å². The summed E-state index contributed by atoms with van der Waals surface area (Å²) in [5, 5.41) is 13.1. The Morgan fingerprint density at radius 3 is 2.59 bits per heavy atom. The van der Waals surface area contributed by atoms with Crippen molar-refractivity contribution < 1.29 is 4.79 Å². The fraction of sp³-hybridized carbons (Fsp3) is 0.667. The third-order valence-corrected chi connectivity index (χ3v) is 6.16. The highest BCUT2D eigenvalue weighted by Crippen LogP contribution is 2.30. The first-order valence-electron chi connectivity index (χ1n) is 10.4. The van der Waals surface area contributed by atoms with Gasteiger partial charge in [-0.05, 0) is 56.6 Å². The Hall–Kier alpha value is -2.13. The Morgan fingerprint density at radius 2 is 1.85 bits per heavy atom. The summed E-state index contributed by atoms with van der Waals surface area (Å²) in [6.07, 6.45) is 9.17. The highest BCUT2D eigenvalue weighted by atomic mass is 16.2. The summed E-state index contributed by atoms with van der Waals surface area (Å²) in [6, 6.07) is 6.83. The van der Waals surface area contributed by atoms with Gasteiger partial charge in [-0.15, -0.1) is 0 Å². The van der Waals surface area contributed by atoms with Gasteiger partial charge in [0.1, 0.15) is 11.9 Å². The van der Waals surface area contributed by atoms with Crippen LogP contribution in [0.5, 0.6) is 0 Å². The second kappa shape index (κ2) is 8.26. The molecule has 1 N–H and O–H groups in total. The highest BCUT2D eigenvalue weighted by Gasteiger charge is 2.30. The lowest BCUT2D eigenvalue weighted by molar-refractivity contribution is -0.130. The second-order valence-corrected chi connectivity index (χ2v) is 8.22. The molecule has 3 fully saturated rings. The quantitative estimate of drug-likeness (QED) is 0.865. The van der Waals surface area contributed by atoms with E-state index in [-0.39, 0.29) is 0 Å². The third kappa shape index (κ3) is 4.59. The van der Waals surface area contributed by atoms with Crippen LogP contribution < -0.4 is 10.2 Å². The van der Waals surface area contributed by atoms with E-state index in [0.717, 1.165) is 63.6 Å². The first-order chi connectivity index (χ1) is 13.2. The van der Waals surface area contributed by atoms with Crippen LogP contribution in [-0.2, 0) is 4.79 Å². The standard InChI is InChI=1S/C21H29N5O/c22-14-17-2-1-10-23-21(17)25-11-7-19(8-12-25)24-18-5-6-20(27)26(13-9-18)15-16-3-4-16/h1-2,10,16,18-19,24H,3-9,11-13,15H2/t18-/m1/s1. The molecule has 6 nitrogen and oxygen atoms in total. The summed E-state index contributed by atoms with van der Waals surface area (Å²) in [5.41, 5.74) is 0.655. The fourth-order valence-electron chi connectivity index (χ4n) is 4.34. The molecule has 3 aliphatic rings. The minimum atomic E-state index is 0.347. The van der Waals surface area contributed by atoms with Crippen molar-refractivity contribution in [1.82, 2.24) is 15.2 Å². The number of nitrogens with one attached hydrogen (secondary N) is 1. The van der Waals surface area contributed by atoms with Gasteiger partial charge >= 0.3 is 0 Å². The summed E-state index contributed by atoms with van der Waals surface area (Å²) in [6.45, 7) is 3.73. The van der Waals surface area contributed by atoms with E-state index in [4.69, 9.17) is 0 Å². The van der Waals surface area contributed by atoms with E-state index >= 15 is 0 Å². The van der Waals surface area contributed by atoms with Gasteiger partial charge in [0.2, 0.25) is 5.91 Å². The number of likely N-dealkylation sites (tertiary alicyclic amines) is 1. The maximum absolute atomic E-state index is 12.3. The number of hydrogen-bond acceptors (Lipinski definition) is 5. The Bertz CT molecular complexity index is 703. The first-order valence-corrected chi connectivity index (χ1v) is 10.4. The van der Waals surface area contributed by atoms with Crippen LogP contribution in [0.1, 0.15) is 50.5 Å². The summed E-state index contributed by atoms with van der Waals surface area (Å²) >= 11 is 0. The Morgan fingerprint density at radius 1 is 1.11 bits per heavy atom. The van der Waals surface area contributed by atoms with Gasteiger partial charge in [-0.3, -0.25) is 4.79 Å². The van der Waals surface area contributed by atoms with Gasteiger partial charge in [0.15, 0.2) is 0 Å². The molecule has 0 unspecified atom stereocenters. The average Bonchev–Trinajstić information content (AvgIpc) is 3.54. The van der Waals surface area contributed by atoms with Gasteiger partial charge in [0.05, 0.1) is 5.56 Å². The number of anilines is 1. The molecule has 144 valence electrons. The minimum absolute atomic E-state index is 0.347. The van der Waals surface area contributed by atoms with Gasteiger partial charge in [-0.1, -0.05) is 0 Å². The molecule has 2 saturated heterocycles. The maximum atomic E-state index is 12.3. The molecule has 1 aliphatic carbocycles. The van der Waals surface area contributed by atoms with Crippen LogP contribution in [0.3, 0.4) is 0 Å². The molecule has 6 heteroatoms. The number of rotatable bonds is 5. The summed E-state index contributed by atoms with van der Waals surface area (Å²) in [7, 11) is 0. The van der Waals surface area contributed by atoms with Crippen molar-refractivity contribution in [2.45, 2.75) is 57.0 Å². The summed E-state index contributed by atoms with van der Waals surface area (Å²) in [4.78, 5) is 21.1. The summed E-state index contributed by atoms with van der Waals surface area (Å²) in [5.74, 6) is 1.93. The Labute approximate surface area is 161 Å². The van der Waals surface area contributed by atoms with Crippen molar-refractivity contribution in [3.8, 4) is 6.07 Å². The molecule has 0 bridgehead atoms. The number of aromatic nitrogens is 1. The number of piperidine rings is 1. The van der Waals surface area contributed by atoms with Crippen LogP contribution in [0.4, 0.5) is 5.82 Å². The minimum Gasteiger partial charge on any atom is -0.355 e. The number of nitriles is 1. The van der Waals surface area contributed by atoms with Crippen LogP contribution in [0, 0.1) is 17.2 Å². The molecular weight excluding hydrogens is 338 g/mol. The lowest BCUT2D eigenvalue weighted by Crippen LogP contribution is -2.46. The number of hydrogen-bond donors (Lipinski definition) is 1. The molecule has 0 aromatic carbocycles. The van der Waals surface area contributed by atoms with Crippen molar-refractivity contribution in [3.63, 3.8) is 0 Å². The molecule has 1 atom stereocenters. The molecule has 0 radical (unpaired) electrons. The molecule has 1 amide bonds. The van der Waals surface area contributed by atoms with E-state index in [9.17, 15) is 10.1 Å².